The Labute approximate surface area is 188 Å². The van der Waals surface area contributed by atoms with E-state index in [1.807, 2.05) is 68.4 Å². The fourth-order valence-corrected chi connectivity index (χ4v) is 2.85. The number of benzene rings is 3. The van der Waals surface area contributed by atoms with Crippen LogP contribution in [0, 0.1) is 6.92 Å². The van der Waals surface area contributed by atoms with Crippen molar-refractivity contribution in [2.24, 2.45) is 5.10 Å². The minimum atomic E-state index is -0.425. The van der Waals surface area contributed by atoms with Gasteiger partial charge in [0.2, 0.25) is 0 Å². The van der Waals surface area contributed by atoms with E-state index < -0.39 is 6.03 Å². The van der Waals surface area contributed by atoms with Gasteiger partial charge in [-0.2, -0.15) is 5.10 Å². The van der Waals surface area contributed by atoms with Gasteiger partial charge >= 0.3 is 6.03 Å². The summed E-state index contributed by atoms with van der Waals surface area (Å²) >= 11 is 0. The van der Waals surface area contributed by atoms with E-state index in [1.165, 1.54) is 6.21 Å². The average Bonchev–Trinajstić information content (AvgIpc) is 2.79. The van der Waals surface area contributed by atoms with Gasteiger partial charge in [-0.25, -0.2) is 10.2 Å². The van der Waals surface area contributed by atoms with Crippen molar-refractivity contribution in [3.63, 3.8) is 0 Å². The van der Waals surface area contributed by atoms with E-state index in [0.717, 1.165) is 16.9 Å². The van der Waals surface area contributed by atoms with Crippen molar-refractivity contribution >= 4 is 17.9 Å². The van der Waals surface area contributed by atoms with Crippen molar-refractivity contribution in [3.8, 4) is 17.2 Å². The van der Waals surface area contributed by atoms with Gasteiger partial charge in [0.25, 0.3) is 0 Å². The van der Waals surface area contributed by atoms with E-state index in [-0.39, 0.29) is 0 Å². The molecule has 3 rings (SSSR count). The molecule has 0 aliphatic heterocycles. The van der Waals surface area contributed by atoms with E-state index >= 15 is 0 Å². The first-order chi connectivity index (χ1) is 15.6. The molecule has 0 radical (unpaired) electrons. The summed E-state index contributed by atoms with van der Waals surface area (Å²) in [5.41, 5.74) is 5.03. The Morgan fingerprint density at radius 1 is 0.906 bits per heavy atom. The number of amides is 2. The number of carbonyl (C=O) groups is 1. The Kier molecular flexibility index (Phi) is 8.50. The second kappa shape index (κ2) is 12.0. The minimum absolute atomic E-state index is 0.378. The first-order valence-corrected chi connectivity index (χ1v) is 10.4. The van der Waals surface area contributed by atoms with Gasteiger partial charge in [0.1, 0.15) is 19.0 Å². The first kappa shape index (κ1) is 22.7. The van der Waals surface area contributed by atoms with Gasteiger partial charge in [-0.1, -0.05) is 30.3 Å². The van der Waals surface area contributed by atoms with Crippen LogP contribution in [0.1, 0.15) is 18.1 Å². The zero-order valence-electron chi connectivity index (χ0n) is 18.2. The highest BCUT2D eigenvalue weighted by atomic mass is 16.5. The molecule has 0 fully saturated rings. The number of hydrogen-bond donors (Lipinski definition) is 2. The van der Waals surface area contributed by atoms with E-state index in [4.69, 9.17) is 14.2 Å². The van der Waals surface area contributed by atoms with Crippen molar-refractivity contribution in [1.82, 2.24) is 5.43 Å². The smallest absolute Gasteiger partial charge is 0.339 e. The summed E-state index contributed by atoms with van der Waals surface area (Å²) in [6, 6.07) is 22.0. The number of nitrogens with one attached hydrogen (secondary N) is 2. The Bertz CT molecular complexity index is 1040. The van der Waals surface area contributed by atoms with Gasteiger partial charge in [0.05, 0.1) is 12.8 Å². The molecule has 2 N–H and O–H groups in total. The lowest BCUT2D eigenvalue weighted by molar-refractivity contribution is 0.208. The average molecular weight is 434 g/mol. The molecule has 0 saturated carbocycles. The summed E-state index contributed by atoms with van der Waals surface area (Å²) in [6.07, 6.45) is 1.54. The first-order valence-electron chi connectivity index (χ1n) is 10.4. The number of aryl methyl sites for hydroxylation is 1. The fraction of sp³-hybridized carbons (Fsp3) is 0.200. The summed E-state index contributed by atoms with van der Waals surface area (Å²) in [5.74, 6) is 2.03. The largest absolute Gasteiger partial charge is 0.490 e. The normalized spacial score (nSPS) is 10.6. The van der Waals surface area contributed by atoms with Crippen LogP contribution in [0.25, 0.3) is 0 Å². The lowest BCUT2D eigenvalue weighted by atomic mass is 10.2. The molecule has 0 saturated heterocycles. The van der Waals surface area contributed by atoms with Crippen LogP contribution in [0.3, 0.4) is 0 Å². The third kappa shape index (κ3) is 7.36. The molecule has 7 nitrogen and oxygen atoms in total. The molecule has 3 aromatic rings. The maximum Gasteiger partial charge on any atom is 0.339 e. The topological polar surface area (TPSA) is 81.2 Å². The van der Waals surface area contributed by atoms with Crippen LogP contribution < -0.4 is 25.0 Å². The van der Waals surface area contributed by atoms with E-state index in [1.54, 1.807) is 18.2 Å². The monoisotopic (exact) mass is 433 g/mol. The fourth-order valence-electron chi connectivity index (χ4n) is 2.85. The number of ether oxygens (including phenoxy) is 3. The van der Waals surface area contributed by atoms with Crippen LogP contribution in [0.5, 0.6) is 17.2 Å². The Hall–Kier alpha value is -4.00. The summed E-state index contributed by atoms with van der Waals surface area (Å²) in [6.45, 7) is 5.21. The standard InChI is InChI=1S/C25H27N3O4/c1-3-30-24-17-20(18-26-28-25(29)27-21-9-5-4-6-10-21)12-13-23(24)32-15-14-31-22-11-7-8-19(2)16-22/h4-13,16-18H,3,14-15H2,1-2H3,(H2,27,28,29)/b26-18+. The number of nitrogens with zero attached hydrogens (tertiary/aromatic N) is 1. The summed E-state index contributed by atoms with van der Waals surface area (Å²) in [4.78, 5) is 11.9. The number of anilines is 1. The number of urea groups is 1. The van der Waals surface area contributed by atoms with Crippen LogP contribution in [0.4, 0.5) is 10.5 Å². The highest BCUT2D eigenvalue weighted by molar-refractivity contribution is 5.90. The predicted octanol–water partition coefficient (Wildman–Crippen LogP) is 5.01. The van der Waals surface area contributed by atoms with Crippen LogP contribution in [0.2, 0.25) is 0 Å². The lowest BCUT2D eigenvalue weighted by Gasteiger charge is -2.13. The number of hydrazone groups is 1. The van der Waals surface area contributed by atoms with E-state index in [9.17, 15) is 4.79 Å². The minimum Gasteiger partial charge on any atom is -0.490 e. The zero-order chi connectivity index (χ0) is 22.6. The molecule has 32 heavy (non-hydrogen) atoms. The number of rotatable bonds is 10. The number of para-hydroxylation sites is 1. The molecular formula is C25H27N3O4. The number of carbonyl (C=O) groups excluding carboxylic acids is 1. The highest BCUT2D eigenvalue weighted by Gasteiger charge is 2.07. The molecule has 0 aliphatic carbocycles. The van der Waals surface area contributed by atoms with Crippen molar-refractivity contribution in [2.45, 2.75) is 13.8 Å². The van der Waals surface area contributed by atoms with Gasteiger partial charge in [-0.05, 0) is 67.4 Å². The molecule has 0 unspecified atom stereocenters. The molecule has 166 valence electrons. The molecule has 0 bridgehead atoms. The molecule has 0 aliphatic rings. The van der Waals surface area contributed by atoms with E-state index in [2.05, 4.69) is 15.8 Å². The molecular weight excluding hydrogens is 406 g/mol. The highest BCUT2D eigenvalue weighted by Crippen LogP contribution is 2.28. The Balaban J connectivity index is 1.51. The van der Waals surface area contributed by atoms with E-state index in [0.29, 0.717) is 37.0 Å². The second-order valence-electron chi connectivity index (χ2n) is 6.84. The lowest BCUT2D eigenvalue weighted by Crippen LogP contribution is -2.24. The predicted molar refractivity (Wildman–Crippen MR) is 126 cm³/mol. The molecule has 0 spiro atoms. The third-order valence-electron chi connectivity index (χ3n) is 4.28. The van der Waals surface area contributed by atoms with Gasteiger partial charge in [-0.3, -0.25) is 0 Å². The SMILES string of the molecule is CCOc1cc(/C=N/NC(=O)Nc2ccccc2)ccc1OCCOc1cccc(C)c1. The summed E-state index contributed by atoms with van der Waals surface area (Å²) in [5, 5.41) is 6.67. The van der Waals surface area contributed by atoms with Crippen molar-refractivity contribution < 1.29 is 19.0 Å². The maximum absolute atomic E-state index is 11.9. The molecule has 2 amide bonds. The van der Waals surface area contributed by atoms with Crippen LogP contribution in [-0.4, -0.2) is 32.1 Å². The maximum atomic E-state index is 11.9. The van der Waals surface area contributed by atoms with Crippen LogP contribution >= 0.6 is 0 Å². The van der Waals surface area contributed by atoms with Crippen molar-refractivity contribution in [3.05, 3.63) is 83.9 Å². The summed E-state index contributed by atoms with van der Waals surface area (Å²) < 4.78 is 17.2. The molecule has 7 heteroatoms. The third-order valence-corrected chi connectivity index (χ3v) is 4.28. The number of hydrogen-bond acceptors (Lipinski definition) is 5. The molecule has 0 atom stereocenters. The van der Waals surface area contributed by atoms with Gasteiger partial charge in [0.15, 0.2) is 11.5 Å². The molecule has 0 aromatic heterocycles. The Morgan fingerprint density at radius 2 is 1.72 bits per heavy atom. The summed E-state index contributed by atoms with van der Waals surface area (Å²) in [7, 11) is 0. The van der Waals surface area contributed by atoms with Crippen LogP contribution in [0.15, 0.2) is 77.9 Å². The van der Waals surface area contributed by atoms with Crippen molar-refractivity contribution in [2.75, 3.05) is 25.1 Å². The van der Waals surface area contributed by atoms with Gasteiger partial charge < -0.3 is 19.5 Å². The van der Waals surface area contributed by atoms with Gasteiger partial charge in [0, 0.05) is 5.69 Å². The van der Waals surface area contributed by atoms with Gasteiger partial charge in [-0.15, -0.1) is 0 Å². The molecule has 3 aromatic carbocycles. The molecule has 0 heterocycles. The zero-order valence-corrected chi connectivity index (χ0v) is 18.2. The Morgan fingerprint density at radius 3 is 2.50 bits per heavy atom. The second-order valence-corrected chi connectivity index (χ2v) is 6.84. The quantitative estimate of drug-likeness (QED) is 0.268. The van der Waals surface area contributed by atoms with Crippen molar-refractivity contribution in [1.29, 1.82) is 0 Å². The van der Waals surface area contributed by atoms with Crippen LogP contribution in [-0.2, 0) is 0 Å².